The summed E-state index contributed by atoms with van der Waals surface area (Å²) < 4.78 is 1.04. The number of aromatic nitrogens is 3. The Hall–Kier alpha value is -2.47. The SMILES string of the molecule is Cc1cc(Br)ccc1Nc1cnnc(Nc2ccccc2)n1. The second kappa shape index (κ2) is 6.53. The van der Waals surface area contributed by atoms with Gasteiger partial charge in [0, 0.05) is 15.8 Å². The van der Waals surface area contributed by atoms with Gasteiger partial charge in [0.2, 0.25) is 5.95 Å². The van der Waals surface area contributed by atoms with E-state index in [2.05, 4.69) is 41.7 Å². The van der Waals surface area contributed by atoms with Crippen molar-refractivity contribution >= 4 is 39.1 Å². The van der Waals surface area contributed by atoms with Crippen LogP contribution in [0.5, 0.6) is 0 Å². The van der Waals surface area contributed by atoms with Crippen LogP contribution in [0.3, 0.4) is 0 Å². The van der Waals surface area contributed by atoms with Crippen LogP contribution in [0.1, 0.15) is 5.56 Å². The first-order valence-electron chi connectivity index (χ1n) is 6.76. The molecule has 1 heterocycles. The van der Waals surface area contributed by atoms with Crippen LogP contribution in [0.25, 0.3) is 0 Å². The number of rotatable bonds is 4. The highest BCUT2D eigenvalue weighted by atomic mass is 79.9. The van der Waals surface area contributed by atoms with E-state index in [4.69, 9.17) is 0 Å². The van der Waals surface area contributed by atoms with Gasteiger partial charge < -0.3 is 10.6 Å². The first-order chi connectivity index (χ1) is 10.7. The lowest BCUT2D eigenvalue weighted by atomic mass is 10.2. The third-order valence-electron chi connectivity index (χ3n) is 3.04. The van der Waals surface area contributed by atoms with Crippen molar-refractivity contribution in [3.8, 4) is 0 Å². The minimum absolute atomic E-state index is 0.450. The number of benzene rings is 2. The zero-order chi connectivity index (χ0) is 15.4. The Morgan fingerprint density at radius 3 is 2.59 bits per heavy atom. The Kier molecular flexibility index (Phi) is 4.29. The highest BCUT2D eigenvalue weighted by molar-refractivity contribution is 9.10. The number of anilines is 4. The third-order valence-corrected chi connectivity index (χ3v) is 3.53. The summed E-state index contributed by atoms with van der Waals surface area (Å²) in [5.41, 5.74) is 3.01. The summed E-state index contributed by atoms with van der Waals surface area (Å²) in [7, 11) is 0. The molecule has 0 bridgehead atoms. The first kappa shape index (κ1) is 14.5. The molecule has 0 saturated carbocycles. The molecule has 0 amide bonds. The van der Waals surface area contributed by atoms with E-state index >= 15 is 0 Å². The van der Waals surface area contributed by atoms with Gasteiger partial charge in [0.05, 0.1) is 6.20 Å². The zero-order valence-electron chi connectivity index (χ0n) is 11.9. The summed E-state index contributed by atoms with van der Waals surface area (Å²) in [6.45, 7) is 2.03. The maximum atomic E-state index is 4.42. The molecule has 110 valence electrons. The van der Waals surface area contributed by atoms with E-state index in [9.17, 15) is 0 Å². The van der Waals surface area contributed by atoms with Crippen molar-refractivity contribution in [1.29, 1.82) is 0 Å². The fraction of sp³-hybridized carbons (Fsp3) is 0.0625. The molecule has 0 atom stereocenters. The van der Waals surface area contributed by atoms with E-state index in [1.165, 1.54) is 0 Å². The number of nitrogens with one attached hydrogen (secondary N) is 2. The van der Waals surface area contributed by atoms with Gasteiger partial charge in [0.1, 0.15) is 0 Å². The topological polar surface area (TPSA) is 62.7 Å². The zero-order valence-corrected chi connectivity index (χ0v) is 13.5. The minimum Gasteiger partial charge on any atom is -0.339 e. The Morgan fingerprint density at radius 2 is 1.82 bits per heavy atom. The number of hydrogen-bond donors (Lipinski definition) is 2. The molecule has 0 fully saturated rings. The molecule has 6 heteroatoms. The Balaban J connectivity index is 1.79. The fourth-order valence-electron chi connectivity index (χ4n) is 1.97. The van der Waals surface area contributed by atoms with Gasteiger partial charge in [-0.2, -0.15) is 10.1 Å². The molecule has 0 saturated heterocycles. The van der Waals surface area contributed by atoms with Crippen molar-refractivity contribution in [3.63, 3.8) is 0 Å². The summed E-state index contributed by atoms with van der Waals surface area (Å²) in [6, 6.07) is 15.8. The maximum absolute atomic E-state index is 4.42. The van der Waals surface area contributed by atoms with Crippen molar-refractivity contribution in [3.05, 3.63) is 64.8 Å². The van der Waals surface area contributed by atoms with Gasteiger partial charge >= 0.3 is 0 Å². The molecule has 22 heavy (non-hydrogen) atoms. The Bertz CT molecular complexity index is 776. The number of halogens is 1. The molecule has 0 unspecified atom stereocenters. The molecule has 2 aromatic carbocycles. The van der Waals surface area contributed by atoms with E-state index in [-0.39, 0.29) is 0 Å². The van der Waals surface area contributed by atoms with Gasteiger partial charge in [-0.1, -0.05) is 34.1 Å². The second-order valence-electron chi connectivity index (χ2n) is 4.74. The lowest BCUT2D eigenvalue weighted by molar-refractivity contribution is 0.982. The van der Waals surface area contributed by atoms with Crippen molar-refractivity contribution in [1.82, 2.24) is 15.2 Å². The molecule has 0 aliphatic heterocycles. The molecule has 5 nitrogen and oxygen atoms in total. The van der Waals surface area contributed by atoms with Crippen LogP contribution in [0.4, 0.5) is 23.1 Å². The van der Waals surface area contributed by atoms with E-state index in [1.54, 1.807) is 6.20 Å². The number of aryl methyl sites for hydroxylation is 1. The van der Waals surface area contributed by atoms with Crippen molar-refractivity contribution in [2.75, 3.05) is 10.6 Å². The average molecular weight is 356 g/mol. The predicted molar refractivity (Wildman–Crippen MR) is 91.7 cm³/mol. The van der Waals surface area contributed by atoms with Crippen LogP contribution in [0, 0.1) is 6.92 Å². The van der Waals surface area contributed by atoms with E-state index < -0.39 is 0 Å². The highest BCUT2D eigenvalue weighted by Crippen LogP contribution is 2.23. The molecule has 0 aliphatic rings. The number of para-hydroxylation sites is 1. The van der Waals surface area contributed by atoms with Gasteiger partial charge in [0.15, 0.2) is 5.82 Å². The molecular weight excluding hydrogens is 342 g/mol. The van der Waals surface area contributed by atoms with Gasteiger partial charge in [-0.15, -0.1) is 5.10 Å². The van der Waals surface area contributed by atoms with E-state index in [0.29, 0.717) is 11.8 Å². The molecule has 2 N–H and O–H groups in total. The van der Waals surface area contributed by atoms with Gasteiger partial charge in [-0.05, 0) is 42.8 Å². The normalized spacial score (nSPS) is 10.3. The number of nitrogens with zero attached hydrogens (tertiary/aromatic N) is 3. The lowest BCUT2D eigenvalue weighted by Gasteiger charge is -2.10. The molecule has 0 radical (unpaired) electrons. The van der Waals surface area contributed by atoms with Gasteiger partial charge in [-0.3, -0.25) is 0 Å². The maximum Gasteiger partial charge on any atom is 0.249 e. The largest absolute Gasteiger partial charge is 0.339 e. The molecular formula is C16H14BrN5. The summed E-state index contributed by atoms with van der Waals surface area (Å²) in [5, 5.41) is 14.3. The molecule has 3 rings (SSSR count). The van der Waals surface area contributed by atoms with Crippen molar-refractivity contribution in [2.24, 2.45) is 0 Å². The number of hydrogen-bond acceptors (Lipinski definition) is 5. The van der Waals surface area contributed by atoms with Crippen LogP contribution >= 0.6 is 15.9 Å². The Morgan fingerprint density at radius 1 is 1.00 bits per heavy atom. The first-order valence-corrected chi connectivity index (χ1v) is 7.55. The van der Waals surface area contributed by atoms with Gasteiger partial charge in [-0.25, -0.2) is 0 Å². The summed E-state index contributed by atoms with van der Waals surface area (Å²) >= 11 is 3.45. The van der Waals surface area contributed by atoms with Crippen LogP contribution in [0.15, 0.2) is 59.2 Å². The minimum atomic E-state index is 0.450. The lowest BCUT2D eigenvalue weighted by Crippen LogP contribution is -2.02. The van der Waals surface area contributed by atoms with Crippen LogP contribution in [-0.2, 0) is 0 Å². The monoisotopic (exact) mass is 355 g/mol. The smallest absolute Gasteiger partial charge is 0.249 e. The standard InChI is InChI=1S/C16H14BrN5/c1-11-9-12(17)7-8-14(11)20-15-10-18-22-16(21-15)19-13-5-3-2-4-6-13/h2-10H,1H3,(H2,19,20,21,22). The average Bonchev–Trinajstić information content (AvgIpc) is 2.52. The van der Waals surface area contributed by atoms with Gasteiger partial charge in [0.25, 0.3) is 0 Å². The fourth-order valence-corrected chi connectivity index (χ4v) is 2.45. The molecule has 0 aliphatic carbocycles. The third kappa shape index (κ3) is 3.59. The van der Waals surface area contributed by atoms with E-state index in [1.807, 2.05) is 55.5 Å². The predicted octanol–water partition coefficient (Wildman–Crippen LogP) is 4.43. The Labute approximate surface area is 137 Å². The summed E-state index contributed by atoms with van der Waals surface area (Å²) in [5.74, 6) is 1.09. The van der Waals surface area contributed by atoms with Crippen molar-refractivity contribution < 1.29 is 0 Å². The van der Waals surface area contributed by atoms with Crippen LogP contribution < -0.4 is 10.6 Å². The van der Waals surface area contributed by atoms with Crippen molar-refractivity contribution in [2.45, 2.75) is 6.92 Å². The van der Waals surface area contributed by atoms with Crippen LogP contribution in [-0.4, -0.2) is 15.2 Å². The summed E-state index contributed by atoms with van der Waals surface area (Å²) in [6.07, 6.45) is 1.59. The van der Waals surface area contributed by atoms with Crippen LogP contribution in [0.2, 0.25) is 0 Å². The molecule has 0 spiro atoms. The summed E-state index contributed by atoms with van der Waals surface area (Å²) in [4.78, 5) is 4.42. The molecule has 1 aromatic heterocycles. The second-order valence-corrected chi connectivity index (χ2v) is 5.66. The molecule has 3 aromatic rings. The highest BCUT2D eigenvalue weighted by Gasteiger charge is 2.04. The van der Waals surface area contributed by atoms with E-state index in [0.717, 1.165) is 21.4 Å². The quantitative estimate of drug-likeness (QED) is 0.724.